The highest BCUT2D eigenvalue weighted by molar-refractivity contribution is 5.67. The van der Waals surface area contributed by atoms with Crippen molar-refractivity contribution in [3.8, 4) is 0 Å². The molecule has 0 atom stereocenters. The maximum Gasteiger partial charge on any atom is 0.407 e. The lowest BCUT2D eigenvalue weighted by Crippen LogP contribution is -2.24. The van der Waals surface area contributed by atoms with Gasteiger partial charge in [-0.2, -0.15) is 4.39 Å². The maximum absolute atomic E-state index is 12.9. The topological polar surface area (TPSA) is 51.2 Å². The second kappa shape index (κ2) is 7.93. The zero-order valence-corrected chi connectivity index (χ0v) is 12.3. The smallest absolute Gasteiger partial charge is 0.407 e. The van der Waals surface area contributed by atoms with Gasteiger partial charge >= 0.3 is 6.09 Å². The first-order valence-electron chi connectivity index (χ1n) is 6.88. The van der Waals surface area contributed by atoms with E-state index in [2.05, 4.69) is 10.3 Å². The van der Waals surface area contributed by atoms with Gasteiger partial charge in [-0.15, -0.1) is 0 Å². The van der Waals surface area contributed by atoms with E-state index in [9.17, 15) is 9.18 Å². The molecule has 2 aromatic rings. The fourth-order valence-corrected chi connectivity index (χ4v) is 1.81. The number of carbonyl (C=O) groups is 1. The number of nitrogens with one attached hydrogen (secondary N) is 1. The number of halogens is 1. The number of alkyl carbamates (subject to hydrolysis) is 1. The Hall–Kier alpha value is -2.69. The van der Waals surface area contributed by atoms with Crippen LogP contribution in [0.2, 0.25) is 0 Å². The van der Waals surface area contributed by atoms with Crippen LogP contribution in [-0.2, 0) is 11.3 Å². The van der Waals surface area contributed by atoms with E-state index in [1.165, 1.54) is 12.3 Å². The first kappa shape index (κ1) is 15.7. The van der Waals surface area contributed by atoms with Crippen molar-refractivity contribution in [3.63, 3.8) is 0 Å². The van der Waals surface area contributed by atoms with Crippen molar-refractivity contribution in [2.75, 3.05) is 6.54 Å². The number of aromatic nitrogens is 1. The van der Waals surface area contributed by atoms with Crippen molar-refractivity contribution in [1.29, 1.82) is 0 Å². The van der Waals surface area contributed by atoms with E-state index in [1.807, 2.05) is 30.3 Å². The van der Waals surface area contributed by atoms with Crippen molar-refractivity contribution >= 4 is 12.2 Å². The summed E-state index contributed by atoms with van der Waals surface area (Å²) in [6, 6.07) is 10.8. The Balaban J connectivity index is 1.73. The van der Waals surface area contributed by atoms with E-state index >= 15 is 0 Å². The van der Waals surface area contributed by atoms with Crippen molar-refractivity contribution in [2.24, 2.45) is 0 Å². The molecule has 2 rings (SSSR count). The van der Waals surface area contributed by atoms with E-state index in [0.29, 0.717) is 6.54 Å². The molecule has 1 aromatic carbocycles. The molecule has 1 N–H and O–H groups in total. The third-order valence-corrected chi connectivity index (χ3v) is 2.99. The van der Waals surface area contributed by atoms with Gasteiger partial charge in [0.05, 0.1) is 0 Å². The van der Waals surface area contributed by atoms with Crippen LogP contribution in [0.25, 0.3) is 6.08 Å². The number of hydrogen-bond donors (Lipinski definition) is 1. The van der Waals surface area contributed by atoms with Gasteiger partial charge < -0.3 is 10.1 Å². The summed E-state index contributed by atoms with van der Waals surface area (Å²) in [6.45, 7) is 2.35. The van der Waals surface area contributed by atoms with Crippen LogP contribution in [0, 0.1) is 12.9 Å². The van der Waals surface area contributed by atoms with Gasteiger partial charge in [0.15, 0.2) is 0 Å². The number of pyridine rings is 1. The Morgan fingerprint density at radius 1 is 1.36 bits per heavy atom. The molecule has 1 heterocycles. The lowest BCUT2D eigenvalue weighted by atomic mass is 10.1. The van der Waals surface area contributed by atoms with Crippen LogP contribution >= 0.6 is 0 Å². The molecule has 0 aliphatic rings. The molecular formula is C17H17FN2O2. The number of aryl methyl sites for hydroxylation is 1. The molecular weight excluding hydrogens is 283 g/mol. The van der Waals surface area contributed by atoms with E-state index in [-0.39, 0.29) is 6.61 Å². The van der Waals surface area contributed by atoms with Crippen molar-refractivity contribution < 1.29 is 13.9 Å². The van der Waals surface area contributed by atoms with Crippen LogP contribution in [-0.4, -0.2) is 17.6 Å². The van der Waals surface area contributed by atoms with Crippen LogP contribution < -0.4 is 5.32 Å². The molecule has 4 nitrogen and oxygen atoms in total. The average molecular weight is 300 g/mol. The molecule has 0 unspecified atom stereocenters. The van der Waals surface area contributed by atoms with Crippen molar-refractivity contribution in [2.45, 2.75) is 13.5 Å². The molecule has 0 spiro atoms. The van der Waals surface area contributed by atoms with Gasteiger partial charge in [-0.1, -0.05) is 42.5 Å². The number of hydrogen-bond acceptors (Lipinski definition) is 3. The average Bonchev–Trinajstić information content (AvgIpc) is 2.52. The zero-order chi connectivity index (χ0) is 15.8. The molecule has 22 heavy (non-hydrogen) atoms. The molecule has 114 valence electrons. The zero-order valence-electron chi connectivity index (χ0n) is 12.3. The second-order valence-corrected chi connectivity index (χ2v) is 4.71. The van der Waals surface area contributed by atoms with E-state index in [4.69, 9.17) is 4.74 Å². The van der Waals surface area contributed by atoms with Crippen molar-refractivity contribution in [3.05, 3.63) is 71.3 Å². The lowest BCUT2D eigenvalue weighted by Gasteiger charge is -2.05. The number of amides is 1. The van der Waals surface area contributed by atoms with Crippen LogP contribution in [0.4, 0.5) is 9.18 Å². The van der Waals surface area contributed by atoms with E-state index in [1.54, 1.807) is 19.1 Å². The highest BCUT2D eigenvalue weighted by Gasteiger charge is 2.01. The third-order valence-electron chi connectivity index (χ3n) is 2.99. The Morgan fingerprint density at radius 2 is 2.14 bits per heavy atom. The van der Waals surface area contributed by atoms with Crippen molar-refractivity contribution in [1.82, 2.24) is 10.3 Å². The molecule has 1 amide bonds. The Bertz CT molecular complexity index is 657. The number of ether oxygens (including phenoxy) is 1. The summed E-state index contributed by atoms with van der Waals surface area (Å²) in [5.41, 5.74) is 2.53. The fraction of sp³-hybridized carbons (Fsp3) is 0.176. The predicted octanol–water partition coefficient (Wildman–Crippen LogP) is 3.47. The summed E-state index contributed by atoms with van der Waals surface area (Å²) in [4.78, 5) is 15.1. The maximum atomic E-state index is 12.9. The molecule has 1 aromatic heterocycles. The Morgan fingerprint density at radius 3 is 2.86 bits per heavy atom. The third kappa shape index (κ3) is 5.01. The monoisotopic (exact) mass is 300 g/mol. The van der Waals surface area contributed by atoms with Gasteiger partial charge in [-0.3, -0.25) is 0 Å². The van der Waals surface area contributed by atoms with Gasteiger partial charge in [-0.05, 0) is 29.7 Å². The number of rotatable bonds is 5. The van der Waals surface area contributed by atoms with Gasteiger partial charge in [0.25, 0.3) is 0 Å². The molecule has 0 saturated carbocycles. The van der Waals surface area contributed by atoms with Crippen LogP contribution in [0.3, 0.4) is 0 Å². The summed E-state index contributed by atoms with van der Waals surface area (Å²) in [5.74, 6) is -0.503. The second-order valence-electron chi connectivity index (χ2n) is 4.71. The fourth-order valence-electron chi connectivity index (χ4n) is 1.81. The summed E-state index contributed by atoms with van der Waals surface area (Å²) < 4.78 is 17.9. The summed E-state index contributed by atoms with van der Waals surface area (Å²) in [7, 11) is 0. The van der Waals surface area contributed by atoms with Crippen LogP contribution in [0.5, 0.6) is 0 Å². The normalized spacial score (nSPS) is 10.6. The molecule has 0 aliphatic carbocycles. The Kier molecular flexibility index (Phi) is 5.65. The summed E-state index contributed by atoms with van der Waals surface area (Å²) in [5, 5.41) is 2.61. The first-order valence-corrected chi connectivity index (χ1v) is 6.88. The minimum Gasteiger partial charge on any atom is -0.445 e. The van der Waals surface area contributed by atoms with Crippen LogP contribution in [0.1, 0.15) is 16.7 Å². The SMILES string of the molecule is Cc1cc(F)ncc1C=CCNC(=O)OCc1ccccc1. The van der Waals surface area contributed by atoms with Crippen LogP contribution in [0.15, 0.2) is 48.7 Å². The highest BCUT2D eigenvalue weighted by Crippen LogP contribution is 2.09. The highest BCUT2D eigenvalue weighted by atomic mass is 19.1. The standard InChI is InChI=1S/C17H17FN2O2/c1-13-10-16(18)20-11-15(13)8-5-9-19-17(21)22-12-14-6-3-2-4-7-14/h2-8,10-11H,9,12H2,1H3,(H,19,21). The molecule has 0 bridgehead atoms. The van der Waals surface area contributed by atoms with Gasteiger partial charge in [-0.25, -0.2) is 9.78 Å². The summed E-state index contributed by atoms with van der Waals surface area (Å²) >= 11 is 0. The van der Waals surface area contributed by atoms with Gasteiger partial charge in [0, 0.05) is 12.7 Å². The molecule has 0 aliphatic heterocycles. The summed E-state index contributed by atoms with van der Waals surface area (Å²) in [6.07, 6.45) is 4.50. The minimum atomic E-state index is -0.503. The first-order chi connectivity index (χ1) is 10.6. The Labute approximate surface area is 128 Å². The lowest BCUT2D eigenvalue weighted by molar-refractivity contribution is 0.141. The number of carbonyl (C=O) groups excluding carboxylic acids is 1. The predicted molar refractivity (Wildman–Crippen MR) is 82.6 cm³/mol. The number of benzene rings is 1. The molecule has 0 saturated heterocycles. The quantitative estimate of drug-likeness (QED) is 0.860. The number of nitrogens with zero attached hydrogens (tertiary/aromatic N) is 1. The van der Waals surface area contributed by atoms with E-state index < -0.39 is 12.0 Å². The molecule has 5 heteroatoms. The molecule has 0 fully saturated rings. The van der Waals surface area contributed by atoms with Gasteiger partial charge in [0.2, 0.25) is 5.95 Å². The van der Waals surface area contributed by atoms with E-state index in [0.717, 1.165) is 16.7 Å². The largest absolute Gasteiger partial charge is 0.445 e. The van der Waals surface area contributed by atoms with Gasteiger partial charge in [0.1, 0.15) is 6.61 Å². The molecule has 0 radical (unpaired) electrons. The minimum absolute atomic E-state index is 0.234.